The van der Waals surface area contributed by atoms with Gasteiger partial charge in [-0.25, -0.2) is 0 Å². The molecule has 1 atom stereocenters. The molecule has 0 aliphatic carbocycles. The number of furan rings is 1. The van der Waals surface area contributed by atoms with E-state index in [4.69, 9.17) is 13.9 Å². The lowest BCUT2D eigenvalue weighted by Gasteiger charge is -2.20. The van der Waals surface area contributed by atoms with Gasteiger partial charge in [-0.1, -0.05) is 6.07 Å². The van der Waals surface area contributed by atoms with Crippen LogP contribution in [0, 0.1) is 0 Å². The first-order valence-electron chi connectivity index (χ1n) is 5.91. The second kappa shape index (κ2) is 4.74. The van der Waals surface area contributed by atoms with Gasteiger partial charge in [-0.3, -0.25) is 0 Å². The molecule has 1 unspecified atom stereocenters. The van der Waals surface area contributed by atoms with Crippen molar-refractivity contribution in [3.8, 4) is 11.5 Å². The van der Waals surface area contributed by atoms with Crippen molar-refractivity contribution in [1.29, 1.82) is 0 Å². The lowest BCUT2D eigenvalue weighted by molar-refractivity contribution is 0.164. The highest BCUT2D eigenvalue weighted by molar-refractivity contribution is 5.44. The third-order valence-electron chi connectivity index (χ3n) is 2.96. The molecule has 2 heterocycles. The molecule has 0 radical (unpaired) electrons. The van der Waals surface area contributed by atoms with E-state index in [0.717, 1.165) is 16.9 Å². The maximum Gasteiger partial charge on any atom is 0.161 e. The van der Waals surface area contributed by atoms with E-state index in [1.165, 1.54) is 0 Å². The minimum atomic E-state index is -0.571. The number of rotatable bonds is 3. The van der Waals surface area contributed by atoms with Crippen LogP contribution < -0.4 is 9.47 Å². The van der Waals surface area contributed by atoms with E-state index >= 15 is 0 Å². The van der Waals surface area contributed by atoms with Crippen LogP contribution in [-0.2, 0) is 6.42 Å². The van der Waals surface area contributed by atoms with Gasteiger partial charge in [-0.15, -0.1) is 0 Å². The molecular weight excluding hydrogens is 232 g/mol. The molecule has 1 aromatic heterocycles. The fraction of sp³-hybridized carbons (Fsp3) is 0.286. The van der Waals surface area contributed by atoms with Gasteiger partial charge in [0.15, 0.2) is 11.5 Å². The molecule has 0 saturated carbocycles. The topological polar surface area (TPSA) is 51.8 Å². The fourth-order valence-electron chi connectivity index (χ4n) is 2.02. The van der Waals surface area contributed by atoms with Crippen molar-refractivity contribution >= 4 is 0 Å². The summed E-state index contributed by atoms with van der Waals surface area (Å²) >= 11 is 0. The molecule has 1 aromatic carbocycles. The highest BCUT2D eigenvalue weighted by Gasteiger charge is 2.15. The monoisotopic (exact) mass is 246 g/mol. The van der Waals surface area contributed by atoms with Crippen LogP contribution in [0.5, 0.6) is 11.5 Å². The van der Waals surface area contributed by atoms with Gasteiger partial charge in [0, 0.05) is 6.42 Å². The summed E-state index contributed by atoms with van der Waals surface area (Å²) in [5, 5.41) is 10.2. The summed E-state index contributed by atoms with van der Waals surface area (Å²) in [4.78, 5) is 0. The molecule has 0 saturated heterocycles. The Balaban J connectivity index is 1.79. The largest absolute Gasteiger partial charge is 0.486 e. The van der Waals surface area contributed by atoms with Crippen molar-refractivity contribution in [2.75, 3.05) is 13.2 Å². The molecule has 3 rings (SSSR count). The molecule has 0 bridgehead atoms. The number of hydrogen-bond acceptors (Lipinski definition) is 4. The lowest BCUT2D eigenvalue weighted by Crippen LogP contribution is -2.15. The summed E-state index contributed by atoms with van der Waals surface area (Å²) in [5.41, 5.74) is 1.79. The van der Waals surface area contributed by atoms with Crippen LogP contribution in [-0.4, -0.2) is 18.3 Å². The van der Waals surface area contributed by atoms with E-state index in [-0.39, 0.29) is 0 Å². The number of aliphatic hydroxyl groups is 1. The second-order valence-electron chi connectivity index (χ2n) is 4.25. The Morgan fingerprint density at radius 2 is 1.94 bits per heavy atom. The molecule has 2 aromatic rings. The highest BCUT2D eigenvalue weighted by atomic mass is 16.6. The van der Waals surface area contributed by atoms with Gasteiger partial charge in [0.25, 0.3) is 0 Å². The van der Waals surface area contributed by atoms with Crippen molar-refractivity contribution in [3.05, 3.63) is 47.9 Å². The van der Waals surface area contributed by atoms with Crippen molar-refractivity contribution in [1.82, 2.24) is 0 Å². The molecule has 18 heavy (non-hydrogen) atoms. The normalized spacial score (nSPS) is 15.4. The minimum absolute atomic E-state index is 0.524. The summed E-state index contributed by atoms with van der Waals surface area (Å²) in [6.45, 7) is 1.12. The lowest BCUT2D eigenvalue weighted by atomic mass is 10.0. The van der Waals surface area contributed by atoms with Crippen LogP contribution in [0.1, 0.15) is 17.2 Å². The van der Waals surface area contributed by atoms with Gasteiger partial charge < -0.3 is 19.0 Å². The van der Waals surface area contributed by atoms with Crippen molar-refractivity contribution in [2.24, 2.45) is 0 Å². The van der Waals surface area contributed by atoms with E-state index in [2.05, 4.69) is 0 Å². The zero-order valence-electron chi connectivity index (χ0n) is 9.83. The van der Waals surface area contributed by atoms with Crippen LogP contribution in [0.25, 0.3) is 0 Å². The first-order valence-corrected chi connectivity index (χ1v) is 5.91. The number of aliphatic hydroxyl groups excluding tert-OH is 1. The van der Waals surface area contributed by atoms with Crippen LogP contribution in [0.3, 0.4) is 0 Å². The third-order valence-corrected chi connectivity index (χ3v) is 2.96. The summed E-state index contributed by atoms with van der Waals surface area (Å²) in [6, 6.07) is 7.38. The molecule has 1 N–H and O–H groups in total. The van der Waals surface area contributed by atoms with E-state index in [1.807, 2.05) is 24.3 Å². The second-order valence-corrected chi connectivity index (χ2v) is 4.25. The van der Waals surface area contributed by atoms with E-state index in [0.29, 0.717) is 25.4 Å². The predicted octanol–water partition coefficient (Wildman–Crippen LogP) is 2.33. The van der Waals surface area contributed by atoms with Gasteiger partial charge in [0.1, 0.15) is 13.2 Å². The molecule has 1 aliphatic heterocycles. The molecular formula is C14H14O4. The molecule has 0 amide bonds. The van der Waals surface area contributed by atoms with Gasteiger partial charge in [-0.2, -0.15) is 0 Å². The molecule has 1 aliphatic rings. The summed E-state index contributed by atoms with van der Waals surface area (Å²) in [5.74, 6) is 1.44. The standard InChI is InChI=1S/C14H14O4/c15-12(7-10-3-4-16-9-10)11-1-2-13-14(8-11)18-6-5-17-13/h1-4,8-9,12,15H,5-7H2. The zero-order chi connectivity index (χ0) is 12.4. The highest BCUT2D eigenvalue weighted by Crippen LogP contribution is 2.33. The van der Waals surface area contributed by atoms with Crippen LogP contribution >= 0.6 is 0 Å². The maximum atomic E-state index is 10.2. The Morgan fingerprint density at radius 3 is 2.72 bits per heavy atom. The Hall–Kier alpha value is -1.94. The molecule has 0 fully saturated rings. The molecule has 0 spiro atoms. The fourth-order valence-corrected chi connectivity index (χ4v) is 2.02. The van der Waals surface area contributed by atoms with Crippen LogP contribution in [0.2, 0.25) is 0 Å². The quantitative estimate of drug-likeness (QED) is 0.903. The van der Waals surface area contributed by atoms with Crippen molar-refractivity contribution in [3.63, 3.8) is 0 Å². The maximum absolute atomic E-state index is 10.2. The van der Waals surface area contributed by atoms with Crippen LogP contribution in [0.4, 0.5) is 0 Å². The number of fused-ring (bicyclic) bond motifs is 1. The SMILES string of the molecule is OC(Cc1ccoc1)c1ccc2c(c1)OCCO2. The first kappa shape index (κ1) is 11.2. The van der Waals surface area contributed by atoms with Crippen molar-refractivity contribution in [2.45, 2.75) is 12.5 Å². The first-order chi connectivity index (χ1) is 8.83. The Morgan fingerprint density at radius 1 is 1.11 bits per heavy atom. The molecule has 4 heteroatoms. The van der Waals surface area contributed by atoms with Crippen molar-refractivity contribution < 1.29 is 19.0 Å². The minimum Gasteiger partial charge on any atom is -0.486 e. The van der Waals surface area contributed by atoms with E-state index in [9.17, 15) is 5.11 Å². The Bertz CT molecular complexity index is 519. The van der Waals surface area contributed by atoms with Gasteiger partial charge in [0.2, 0.25) is 0 Å². The smallest absolute Gasteiger partial charge is 0.161 e. The Kier molecular flexibility index (Phi) is 2.94. The van der Waals surface area contributed by atoms with Crippen LogP contribution in [0.15, 0.2) is 41.2 Å². The summed E-state index contributed by atoms with van der Waals surface area (Å²) in [7, 11) is 0. The van der Waals surface area contributed by atoms with Gasteiger partial charge in [0.05, 0.1) is 18.6 Å². The van der Waals surface area contributed by atoms with E-state index in [1.54, 1.807) is 12.5 Å². The average Bonchev–Trinajstić information content (AvgIpc) is 2.91. The molecule has 4 nitrogen and oxygen atoms in total. The number of hydrogen-bond donors (Lipinski definition) is 1. The van der Waals surface area contributed by atoms with Gasteiger partial charge in [-0.05, 0) is 29.3 Å². The Labute approximate surface area is 105 Å². The predicted molar refractivity (Wildman–Crippen MR) is 64.8 cm³/mol. The zero-order valence-corrected chi connectivity index (χ0v) is 9.83. The number of ether oxygens (including phenoxy) is 2. The average molecular weight is 246 g/mol. The van der Waals surface area contributed by atoms with E-state index < -0.39 is 6.10 Å². The third kappa shape index (κ3) is 2.19. The number of benzene rings is 1. The van der Waals surface area contributed by atoms with Gasteiger partial charge >= 0.3 is 0 Å². The molecule has 94 valence electrons. The summed E-state index contributed by atoms with van der Waals surface area (Å²) < 4.78 is 15.9. The summed E-state index contributed by atoms with van der Waals surface area (Å²) in [6.07, 6.45) is 3.20.